The van der Waals surface area contributed by atoms with E-state index in [-0.39, 0.29) is 53.8 Å². The summed E-state index contributed by atoms with van der Waals surface area (Å²) in [6, 6.07) is 2.86. The summed E-state index contributed by atoms with van der Waals surface area (Å²) >= 11 is 0. The highest BCUT2D eigenvalue weighted by atomic mass is 16.3. The average molecular weight is 440 g/mol. The van der Waals surface area contributed by atoms with Crippen molar-refractivity contribution in [2.24, 2.45) is 17.8 Å². The number of nitrogens with zero attached hydrogens (tertiary/aromatic N) is 2. The first-order valence-electron chi connectivity index (χ1n) is 12.1. The Morgan fingerprint density at radius 3 is 2.56 bits per heavy atom. The minimum atomic E-state index is -0.677. The molecule has 0 spiro atoms. The summed E-state index contributed by atoms with van der Waals surface area (Å²) in [6.45, 7) is 2.12. The summed E-state index contributed by atoms with van der Waals surface area (Å²) < 4.78 is 1.75. The van der Waals surface area contributed by atoms with E-state index in [1.807, 2.05) is 19.1 Å². The molecule has 0 unspecified atom stereocenters. The van der Waals surface area contributed by atoms with Crippen LogP contribution in [0.5, 0.6) is 0 Å². The molecule has 2 aliphatic heterocycles. The van der Waals surface area contributed by atoms with Gasteiger partial charge in [0.25, 0.3) is 5.56 Å². The molecule has 5 rings (SSSR count). The van der Waals surface area contributed by atoms with Gasteiger partial charge in [-0.3, -0.25) is 14.4 Å². The molecule has 2 N–H and O–H groups in total. The summed E-state index contributed by atoms with van der Waals surface area (Å²) in [6.07, 6.45) is 10.7. The molecule has 1 aromatic heterocycles. The first kappa shape index (κ1) is 21.4. The van der Waals surface area contributed by atoms with E-state index in [9.17, 15) is 19.5 Å². The van der Waals surface area contributed by atoms with E-state index in [2.05, 4.69) is 5.32 Å². The highest BCUT2D eigenvalue weighted by Gasteiger charge is 2.58. The number of hydrogen-bond acceptors (Lipinski definition) is 4. The maximum absolute atomic E-state index is 13.5. The molecule has 3 fully saturated rings. The molecule has 1 saturated heterocycles. The quantitative estimate of drug-likeness (QED) is 0.736. The van der Waals surface area contributed by atoms with Crippen molar-refractivity contribution in [3.63, 3.8) is 0 Å². The molecule has 3 heterocycles. The number of aromatic nitrogens is 1. The number of carbonyl (C=O) groups excluding carboxylic acids is 2. The summed E-state index contributed by atoms with van der Waals surface area (Å²) in [4.78, 5) is 41.7. The zero-order chi connectivity index (χ0) is 22.4. The molecule has 2 aliphatic carbocycles. The predicted octanol–water partition coefficient (Wildman–Crippen LogP) is 2.23. The van der Waals surface area contributed by atoms with Gasteiger partial charge in [-0.15, -0.1) is 0 Å². The molecule has 0 aromatic carbocycles. The third kappa shape index (κ3) is 3.51. The van der Waals surface area contributed by atoms with E-state index in [0.29, 0.717) is 12.1 Å². The fourth-order valence-corrected chi connectivity index (χ4v) is 6.13. The van der Waals surface area contributed by atoms with Crippen molar-refractivity contribution in [3.8, 4) is 0 Å². The number of aliphatic hydroxyl groups excluding tert-OH is 1. The lowest BCUT2D eigenvalue weighted by Crippen LogP contribution is -2.53. The molecule has 7 heteroatoms. The fourth-order valence-electron chi connectivity index (χ4n) is 6.13. The largest absolute Gasteiger partial charge is 0.396 e. The van der Waals surface area contributed by atoms with E-state index < -0.39 is 6.04 Å². The first-order chi connectivity index (χ1) is 15.5. The van der Waals surface area contributed by atoms with Gasteiger partial charge in [-0.2, -0.15) is 0 Å². The van der Waals surface area contributed by atoms with Crippen molar-refractivity contribution in [1.82, 2.24) is 14.8 Å². The predicted molar refractivity (Wildman–Crippen MR) is 121 cm³/mol. The summed E-state index contributed by atoms with van der Waals surface area (Å²) in [5.74, 6) is -0.702. The number of hydrogen-bond donors (Lipinski definition) is 2. The molecular formula is C25H33N3O4. The molecule has 4 aliphatic rings. The Labute approximate surface area is 188 Å². The Morgan fingerprint density at radius 2 is 1.91 bits per heavy atom. The molecule has 0 radical (unpaired) electrons. The van der Waals surface area contributed by atoms with Crippen molar-refractivity contribution in [1.29, 1.82) is 0 Å². The number of amides is 2. The Balaban J connectivity index is 1.51. The van der Waals surface area contributed by atoms with Crippen LogP contribution in [0.15, 0.2) is 23.0 Å². The lowest BCUT2D eigenvalue weighted by atomic mass is 9.87. The average Bonchev–Trinajstić information content (AvgIpc) is 3.50. The normalized spacial score (nSPS) is 29.9. The van der Waals surface area contributed by atoms with Crippen LogP contribution in [0.2, 0.25) is 0 Å². The lowest BCUT2D eigenvalue weighted by molar-refractivity contribution is -0.143. The Morgan fingerprint density at radius 1 is 1.16 bits per heavy atom. The van der Waals surface area contributed by atoms with Gasteiger partial charge >= 0.3 is 0 Å². The number of pyridine rings is 1. The van der Waals surface area contributed by atoms with E-state index in [1.54, 1.807) is 21.6 Å². The highest BCUT2D eigenvalue weighted by Crippen LogP contribution is 2.51. The Hall–Kier alpha value is -2.41. The van der Waals surface area contributed by atoms with Crippen molar-refractivity contribution >= 4 is 17.9 Å². The van der Waals surface area contributed by atoms with Crippen LogP contribution in [-0.4, -0.2) is 45.1 Å². The van der Waals surface area contributed by atoms with Gasteiger partial charge in [-0.25, -0.2) is 0 Å². The Kier molecular flexibility index (Phi) is 5.70. The van der Waals surface area contributed by atoms with E-state index in [4.69, 9.17) is 0 Å². The maximum atomic E-state index is 13.5. The SMILES string of the molecule is C/C=C/c1ccc2n(c1=O)C[C@@H]1[C@@H](CO)[C@H](C(=O)NC3CCCCC3)N(C(=O)C3CC3)[C@H]21. The number of nitrogens with one attached hydrogen (secondary N) is 1. The second-order valence-electron chi connectivity index (χ2n) is 9.89. The van der Waals surface area contributed by atoms with Crippen LogP contribution in [0, 0.1) is 17.8 Å². The second-order valence-corrected chi connectivity index (χ2v) is 9.89. The zero-order valence-corrected chi connectivity index (χ0v) is 18.7. The third-order valence-corrected chi connectivity index (χ3v) is 7.85. The van der Waals surface area contributed by atoms with Crippen LogP contribution in [-0.2, 0) is 16.1 Å². The minimum Gasteiger partial charge on any atom is -0.396 e. The smallest absolute Gasteiger partial charge is 0.258 e. The molecular weight excluding hydrogens is 406 g/mol. The van der Waals surface area contributed by atoms with Crippen molar-refractivity contribution < 1.29 is 14.7 Å². The van der Waals surface area contributed by atoms with Gasteiger partial charge in [0.05, 0.1) is 6.04 Å². The maximum Gasteiger partial charge on any atom is 0.258 e. The summed E-state index contributed by atoms with van der Waals surface area (Å²) in [5.41, 5.74) is 1.32. The van der Waals surface area contributed by atoms with E-state index >= 15 is 0 Å². The van der Waals surface area contributed by atoms with Gasteiger partial charge in [0.15, 0.2) is 0 Å². The summed E-state index contributed by atoms with van der Waals surface area (Å²) in [7, 11) is 0. The molecule has 1 aromatic rings. The molecule has 0 bridgehead atoms. The molecule has 4 atom stereocenters. The van der Waals surface area contributed by atoms with Crippen LogP contribution in [0.25, 0.3) is 6.08 Å². The first-order valence-corrected chi connectivity index (χ1v) is 12.1. The molecule has 2 amide bonds. The monoisotopic (exact) mass is 439 g/mol. The highest BCUT2D eigenvalue weighted by molar-refractivity contribution is 5.91. The summed E-state index contributed by atoms with van der Waals surface area (Å²) in [5, 5.41) is 13.6. The van der Waals surface area contributed by atoms with Crippen LogP contribution in [0.1, 0.15) is 69.2 Å². The zero-order valence-electron chi connectivity index (χ0n) is 18.7. The number of rotatable bonds is 5. The van der Waals surface area contributed by atoms with Crippen molar-refractivity contribution in [2.45, 2.75) is 76.5 Å². The fraction of sp³-hybridized carbons (Fsp3) is 0.640. The van der Waals surface area contributed by atoms with Gasteiger partial charge < -0.3 is 19.9 Å². The van der Waals surface area contributed by atoms with Crippen LogP contribution in [0.3, 0.4) is 0 Å². The number of aliphatic hydroxyl groups is 1. The van der Waals surface area contributed by atoms with Gasteiger partial charge in [-0.05, 0) is 44.7 Å². The molecule has 32 heavy (non-hydrogen) atoms. The van der Waals surface area contributed by atoms with E-state index in [0.717, 1.165) is 44.2 Å². The lowest BCUT2D eigenvalue weighted by Gasteiger charge is -2.33. The number of likely N-dealkylation sites (tertiary alicyclic amines) is 1. The van der Waals surface area contributed by atoms with Crippen LogP contribution >= 0.6 is 0 Å². The van der Waals surface area contributed by atoms with Crippen molar-refractivity contribution in [3.05, 3.63) is 39.8 Å². The van der Waals surface area contributed by atoms with Gasteiger partial charge in [0.1, 0.15) is 6.04 Å². The number of fused-ring (bicyclic) bond motifs is 3. The standard InChI is InChI=1S/C25H33N3O4/c1-2-6-15-11-12-20-21-18(13-27(20)24(15)31)19(14-29)22(28(21)25(32)16-9-10-16)23(30)26-17-7-4-3-5-8-17/h2,6,11-12,16-19,21-22,29H,3-5,7-10,13-14H2,1H3,(H,26,30)/b6-2+/t18-,19-,21+,22-/m1/s1. The molecule has 2 saturated carbocycles. The van der Waals surface area contributed by atoms with Gasteiger partial charge in [-0.1, -0.05) is 31.4 Å². The Bertz CT molecular complexity index is 989. The number of allylic oxidation sites excluding steroid dienone is 1. The minimum absolute atomic E-state index is 0.00169. The third-order valence-electron chi connectivity index (χ3n) is 7.85. The van der Waals surface area contributed by atoms with E-state index in [1.165, 1.54) is 6.42 Å². The molecule has 172 valence electrons. The van der Waals surface area contributed by atoms with Crippen LogP contribution in [0.4, 0.5) is 0 Å². The van der Waals surface area contributed by atoms with Gasteiger partial charge in [0.2, 0.25) is 11.8 Å². The second kappa shape index (κ2) is 8.50. The van der Waals surface area contributed by atoms with Gasteiger partial charge in [0, 0.05) is 48.2 Å². The van der Waals surface area contributed by atoms with Crippen LogP contribution < -0.4 is 10.9 Å². The molecule has 7 nitrogen and oxygen atoms in total. The van der Waals surface area contributed by atoms with Crippen molar-refractivity contribution in [2.75, 3.05) is 6.61 Å². The number of carbonyl (C=O) groups is 2. The topological polar surface area (TPSA) is 91.6 Å².